The van der Waals surface area contributed by atoms with E-state index >= 15 is 0 Å². The van der Waals surface area contributed by atoms with Gasteiger partial charge in [-0.15, -0.1) is 0 Å². The Balaban J connectivity index is 2.57. The van der Waals surface area contributed by atoms with Crippen molar-refractivity contribution in [2.24, 2.45) is 0 Å². The van der Waals surface area contributed by atoms with Gasteiger partial charge in [0.05, 0.1) is 18.0 Å². The van der Waals surface area contributed by atoms with Crippen LogP contribution in [0, 0.1) is 0 Å². The van der Waals surface area contributed by atoms with Crippen molar-refractivity contribution in [3.05, 3.63) is 46.7 Å². The number of aromatic nitrogens is 2. The van der Waals surface area contributed by atoms with Gasteiger partial charge in [0.2, 0.25) is 0 Å². The third kappa shape index (κ3) is 2.21. The van der Waals surface area contributed by atoms with E-state index < -0.39 is 0 Å². The Hall–Kier alpha value is -1.32. The van der Waals surface area contributed by atoms with Gasteiger partial charge in [-0.05, 0) is 18.1 Å². The molecule has 0 amide bonds. The van der Waals surface area contributed by atoms with Gasteiger partial charge in [-0.2, -0.15) is 5.10 Å². The summed E-state index contributed by atoms with van der Waals surface area (Å²) in [6.45, 7) is 3.99. The maximum atomic E-state index is 9.37. The molecular weight excluding hydrogens is 236 g/mol. The van der Waals surface area contributed by atoms with Crippen LogP contribution in [0.3, 0.4) is 0 Å². The lowest BCUT2D eigenvalue weighted by atomic mass is 10.1. The molecule has 3 nitrogen and oxygen atoms in total. The smallest absolute Gasteiger partial charge is 0.138 e. The first-order chi connectivity index (χ1) is 8.15. The molecule has 17 heavy (non-hydrogen) atoms. The molecule has 0 fully saturated rings. The summed E-state index contributed by atoms with van der Waals surface area (Å²) in [5, 5.41) is 14.3. The second-order valence-corrected chi connectivity index (χ2v) is 4.57. The summed E-state index contributed by atoms with van der Waals surface area (Å²) >= 11 is 6.25. The zero-order valence-electron chi connectivity index (χ0n) is 9.89. The maximum Gasteiger partial charge on any atom is 0.138 e. The number of aliphatic hydroxyl groups excluding tert-OH is 1. The molecule has 0 atom stereocenters. The lowest BCUT2D eigenvalue weighted by Gasteiger charge is -2.02. The lowest BCUT2D eigenvalue weighted by Crippen LogP contribution is -1.97. The van der Waals surface area contributed by atoms with E-state index in [1.54, 1.807) is 4.68 Å². The normalized spacial score (nSPS) is 11.1. The van der Waals surface area contributed by atoms with Crippen LogP contribution in [0.15, 0.2) is 30.3 Å². The molecule has 1 aromatic carbocycles. The predicted molar refractivity (Wildman–Crippen MR) is 68.6 cm³/mol. The first-order valence-corrected chi connectivity index (χ1v) is 5.96. The molecular formula is C13H15ClN2O. The molecule has 2 rings (SSSR count). The molecule has 0 bridgehead atoms. The molecule has 0 saturated carbocycles. The molecule has 0 radical (unpaired) electrons. The van der Waals surface area contributed by atoms with Crippen molar-refractivity contribution >= 4 is 11.6 Å². The highest BCUT2D eigenvalue weighted by atomic mass is 35.5. The molecule has 4 heteroatoms. The van der Waals surface area contributed by atoms with E-state index in [2.05, 4.69) is 5.10 Å². The van der Waals surface area contributed by atoms with Gasteiger partial charge in [0, 0.05) is 5.56 Å². The van der Waals surface area contributed by atoms with Crippen molar-refractivity contribution < 1.29 is 5.11 Å². The van der Waals surface area contributed by atoms with E-state index in [0.29, 0.717) is 10.7 Å². The fourth-order valence-electron chi connectivity index (χ4n) is 1.80. The largest absolute Gasteiger partial charge is 0.391 e. The second kappa shape index (κ2) is 4.90. The molecule has 0 aliphatic carbocycles. The Morgan fingerprint density at radius 2 is 1.94 bits per heavy atom. The molecule has 2 aromatic rings. The van der Waals surface area contributed by atoms with Crippen LogP contribution >= 0.6 is 11.6 Å². The predicted octanol–water partition coefficient (Wildman–Crippen LogP) is 3.14. The Morgan fingerprint density at radius 3 is 2.41 bits per heavy atom. The molecule has 1 heterocycles. The van der Waals surface area contributed by atoms with Crippen LogP contribution in [0.5, 0.6) is 0 Å². The van der Waals surface area contributed by atoms with Crippen LogP contribution in [0.4, 0.5) is 0 Å². The molecule has 1 N–H and O–H groups in total. The number of benzene rings is 1. The van der Waals surface area contributed by atoms with Crippen molar-refractivity contribution in [3.63, 3.8) is 0 Å². The van der Waals surface area contributed by atoms with E-state index in [4.69, 9.17) is 11.6 Å². The SMILES string of the molecule is CC(C)c1nn(-c2ccccc2)c(Cl)c1CO. The van der Waals surface area contributed by atoms with Gasteiger partial charge in [-0.3, -0.25) is 0 Å². The first-order valence-electron chi connectivity index (χ1n) is 5.58. The fraction of sp³-hybridized carbons (Fsp3) is 0.308. The summed E-state index contributed by atoms with van der Waals surface area (Å²) in [7, 11) is 0. The second-order valence-electron chi connectivity index (χ2n) is 4.21. The van der Waals surface area contributed by atoms with Gasteiger partial charge >= 0.3 is 0 Å². The van der Waals surface area contributed by atoms with Crippen LogP contribution in [0.2, 0.25) is 5.15 Å². The van der Waals surface area contributed by atoms with E-state index in [1.165, 1.54) is 0 Å². The van der Waals surface area contributed by atoms with Crippen LogP contribution in [0.1, 0.15) is 31.0 Å². The monoisotopic (exact) mass is 250 g/mol. The maximum absolute atomic E-state index is 9.37. The lowest BCUT2D eigenvalue weighted by molar-refractivity contribution is 0.280. The van der Waals surface area contributed by atoms with Crippen molar-refractivity contribution in [1.29, 1.82) is 0 Å². The minimum absolute atomic E-state index is 0.0841. The highest BCUT2D eigenvalue weighted by molar-refractivity contribution is 6.30. The Kier molecular flexibility index (Phi) is 3.50. The van der Waals surface area contributed by atoms with Gasteiger partial charge in [-0.1, -0.05) is 43.6 Å². The standard InChI is InChI=1S/C13H15ClN2O/c1-9(2)12-11(8-17)13(14)16(15-12)10-6-4-3-5-7-10/h3-7,9,17H,8H2,1-2H3. The molecule has 0 aliphatic rings. The number of rotatable bonds is 3. The van der Waals surface area contributed by atoms with Gasteiger partial charge in [0.1, 0.15) is 5.15 Å². The van der Waals surface area contributed by atoms with Crippen LogP contribution in [-0.4, -0.2) is 14.9 Å². The van der Waals surface area contributed by atoms with E-state index in [1.807, 2.05) is 44.2 Å². The van der Waals surface area contributed by atoms with Gasteiger partial charge < -0.3 is 5.11 Å². The first kappa shape index (κ1) is 12.1. The van der Waals surface area contributed by atoms with Crippen molar-refractivity contribution in [2.45, 2.75) is 26.4 Å². The Morgan fingerprint density at radius 1 is 1.29 bits per heavy atom. The summed E-state index contributed by atoms with van der Waals surface area (Å²) in [4.78, 5) is 0. The number of nitrogens with zero attached hydrogens (tertiary/aromatic N) is 2. The molecule has 0 saturated heterocycles. The molecule has 0 unspecified atom stereocenters. The molecule has 90 valence electrons. The highest BCUT2D eigenvalue weighted by Gasteiger charge is 2.18. The Labute approximate surface area is 106 Å². The number of hydrogen-bond acceptors (Lipinski definition) is 2. The number of hydrogen-bond donors (Lipinski definition) is 1. The third-order valence-corrected chi connectivity index (χ3v) is 3.05. The summed E-state index contributed by atoms with van der Waals surface area (Å²) in [5.74, 6) is 0.236. The van der Waals surface area contributed by atoms with Crippen LogP contribution in [0.25, 0.3) is 5.69 Å². The third-order valence-electron chi connectivity index (χ3n) is 2.66. The minimum atomic E-state index is -0.0841. The molecule has 0 aliphatic heterocycles. The van der Waals surface area contributed by atoms with Gasteiger partial charge in [0.15, 0.2) is 0 Å². The van der Waals surface area contributed by atoms with Crippen molar-refractivity contribution in [3.8, 4) is 5.69 Å². The van der Waals surface area contributed by atoms with Crippen LogP contribution < -0.4 is 0 Å². The zero-order chi connectivity index (χ0) is 12.4. The number of halogens is 1. The van der Waals surface area contributed by atoms with E-state index in [-0.39, 0.29) is 12.5 Å². The van der Waals surface area contributed by atoms with E-state index in [9.17, 15) is 5.11 Å². The topological polar surface area (TPSA) is 38.0 Å². The molecule has 1 aromatic heterocycles. The van der Waals surface area contributed by atoms with Crippen molar-refractivity contribution in [1.82, 2.24) is 9.78 Å². The minimum Gasteiger partial charge on any atom is -0.391 e. The molecule has 0 spiro atoms. The van der Waals surface area contributed by atoms with Crippen molar-refractivity contribution in [2.75, 3.05) is 0 Å². The summed E-state index contributed by atoms with van der Waals surface area (Å²) in [5.41, 5.74) is 2.46. The summed E-state index contributed by atoms with van der Waals surface area (Å²) < 4.78 is 1.67. The van der Waals surface area contributed by atoms with Gasteiger partial charge in [-0.25, -0.2) is 4.68 Å². The quantitative estimate of drug-likeness (QED) is 0.909. The highest BCUT2D eigenvalue weighted by Crippen LogP contribution is 2.28. The average Bonchev–Trinajstić information content (AvgIpc) is 2.67. The zero-order valence-corrected chi connectivity index (χ0v) is 10.6. The Bertz CT molecular complexity index is 506. The summed E-state index contributed by atoms with van der Waals surface area (Å²) in [6, 6.07) is 9.67. The average molecular weight is 251 g/mol. The fourth-order valence-corrected chi connectivity index (χ4v) is 2.09. The summed E-state index contributed by atoms with van der Waals surface area (Å²) in [6.07, 6.45) is 0. The van der Waals surface area contributed by atoms with Crippen LogP contribution in [-0.2, 0) is 6.61 Å². The number of aliphatic hydroxyl groups is 1. The van der Waals surface area contributed by atoms with Gasteiger partial charge in [0.25, 0.3) is 0 Å². The van der Waals surface area contributed by atoms with E-state index in [0.717, 1.165) is 11.4 Å². The number of para-hydroxylation sites is 1.